The number of carbonyl (C=O) groups excluding carboxylic acids is 1. The molecule has 126 valence electrons. The Morgan fingerprint density at radius 1 is 1.35 bits per heavy atom. The summed E-state index contributed by atoms with van der Waals surface area (Å²) in [4.78, 5) is 16.5. The van der Waals surface area contributed by atoms with Gasteiger partial charge in [-0.3, -0.25) is 9.78 Å². The summed E-state index contributed by atoms with van der Waals surface area (Å²) in [5, 5.41) is 2.97. The molecule has 2 aliphatic rings. The van der Waals surface area contributed by atoms with Crippen molar-refractivity contribution in [2.24, 2.45) is 5.41 Å². The lowest BCUT2D eigenvalue weighted by Gasteiger charge is -2.42. The van der Waals surface area contributed by atoms with E-state index < -0.39 is 0 Å². The van der Waals surface area contributed by atoms with E-state index in [1.54, 1.807) is 6.20 Å². The van der Waals surface area contributed by atoms with Crippen molar-refractivity contribution >= 4 is 5.91 Å². The first-order valence-corrected chi connectivity index (χ1v) is 8.49. The smallest absolute Gasteiger partial charge is 0.270 e. The molecule has 1 amide bonds. The van der Waals surface area contributed by atoms with Gasteiger partial charge >= 0.3 is 0 Å². The highest BCUT2D eigenvalue weighted by molar-refractivity contribution is 5.93. The fourth-order valence-corrected chi connectivity index (χ4v) is 3.52. The van der Waals surface area contributed by atoms with Crippen LogP contribution in [0.1, 0.15) is 47.3 Å². The molecular formula is C18H26N2O3. The molecule has 0 aliphatic carbocycles. The van der Waals surface area contributed by atoms with Crippen molar-refractivity contribution in [3.05, 3.63) is 29.1 Å². The molecule has 1 atom stereocenters. The maximum absolute atomic E-state index is 12.3. The number of hydrogen-bond donors (Lipinski definition) is 1. The third kappa shape index (κ3) is 3.90. The second-order valence-electron chi connectivity index (χ2n) is 6.97. The van der Waals surface area contributed by atoms with E-state index >= 15 is 0 Å². The van der Waals surface area contributed by atoms with Gasteiger partial charge in [0.1, 0.15) is 5.69 Å². The highest BCUT2D eigenvalue weighted by atomic mass is 16.5. The Hall–Kier alpha value is -1.46. The zero-order valence-electron chi connectivity index (χ0n) is 14.1. The summed E-state index contributed by atoms with van der Waals surface area (Å²) in [5.41, 5.74) is 2.80. The number of aromatic nitrogens is 1. The van der Waals surface area contributed by atoms with Crippen LogP contribution in [0.25, 0.3) is 0 Å². The number of nitrogens with one attached hydrogen (secondary N) is 1. The van der Waals surface area contributed by atoms with Crippen LogP contribution in [0.5, 0.6) is 0 Å². The summed E-state index contributed by atoms with van der Waals surface area (Å²) >= 11 is 0. The van der Waals surface area contributed by atoms with Gasteiger partial charge in [0.05, 0.1) is 12.7 Å². The number of hydrogen-bond acceptors (Lipinski definition) is 4. The van der Waals surface area contributed by atoms with Crippen molar-refractivity contribution in [1.29, 1.82) is 0 Å². The standard InChI is InChI=1S/C18H26N2O3/c1-13-9-14(2)16(19-10-13)17(21)20-11-15-3-4-18(12-23-15)5-7-22-8-6-18/h9-10,15H,3-8,11-12H2,1-2H3,(H,20,21)/t15-/m1/s1. The van der Waals surface area contributed by atoms with Gasteiger partial charge < -0.3 is 14.8 Å². The van der Waals surface area contributed by atoms with Gasteiger partial charge in [-0.1, -0.05) is 6.07 Å². The van der Waals surface area contributed by atoms with Crippen LogP contribution in [0, 0.1) is 19.3 Å². The first-order chi connectivity index (χ1) is 11.1. The van der Waals surface area contributed by atoms with E-state index in [-0.39, 0.29) is 12.0 Å². The van der Waals surface area contributed by atoms with E-state index in [1.807, 2.05) is 19.9 Å². The molecule has 3 heterocycles. The lowest BCUT2D eigenvalue weighted by molar-refractivity contribution is -0.103. The fraction of sp³-hybridized carbons (Fsp3) is 0.667. The summed E-state index contributed by atoms with van der Waals surface area (Å²) in [6.07, 6.45) is 6.20. The molecule has 5 nitrogen and oxygen atoms in total. The third-order valence-corrected chi connectivity index (χ3v) is 5.10. The van der Waals surface area contributed by atoms with Crippen LogP contribution in [0.4, 0.5) is 0 Å². The molecular weight excluding hydrogens is 292 g/mol. The van der Waals surface area contributed by atoms with E-state index in [4.69, 9.17) is 9.47 Å². The Morgan fingerprint density at radius 2 is 2.13 bits per heavy atom. The van der Waals surface area contributed by atoms with Gasteiger partial charge in [-0.05, 0) is 56.1 Å². The average molecular weight is 318 g/mol. The lowest BCUT2D eigenvalue weighted by atomic mass is 9.75. The molecule has 0 radical (unpaired) electrons. The van der Waals surface area contributed by atoms with Gasteiger partial charge in [0.15, 0.2) is 0 Å². The minimum Gasteiger partial charge on any atom is -0.381 e. The van der Waals surface area contributed by atoms with Crippen LogP contribution in [-0.2, 0) is 9.47 Å². The molecule has 2 aliphatic heterocycles. The average Bonchev–Trinajstić information content (AvgIpc) is 2.55. The summed E-state index contributed by atoms with van der Waals surface area (Å²) in [6.45, 7) is 6.94. The van der Waals surface area contributed by atoms with Gasteiger partial charge in [-0.2, -0.15) is 0 Å². The van der Waals surface area contributed by atoms with Crippen molar-refractivity contribution in [2.45, 2.75) is 45.6 Å². The Labute approximate surface area is 137 Å². The molecule has 0 unspecified atom stereocenters. The Morgan fingerprint density at radius 3 is 2.78 bits per heavy atom. The van der Waals surface area contributed by atoms with E-state index in [9.17, 15) is 4.79 Å². The topological polar surface area (TPSA) is 60.5 Å². The molecule has 0 bridgehead atoms. The van der Waals surface area contributed by atoms with Crippen molar-refractivity contribution < 1.29 is 14.3 Å². The van der Waals surface area contributed by atoms with Crippen molar-refractivity contribution in [1.82, 2.24) is 10.3 Å². The minimum absolute atomic E-state index is 0.109. The lowest BCUT2D eigenvalue weighted by Crippen LogP contribution is -2.44. The Bertz CT molecular complexity index is 557. The number of carbonyl (C=O) groups is 1. The highest BCUT2D eigenvalue weighted by Crippen LogP contribution is 2.39. The van der Waals surface area contributed by atoms with Crippen LogP contribution >= 0.6 is 0 Å². The normalized spacial score (nSPS) is 23.7. The molecule has 0 saturated carbocycles. The van der Waals surface area contributed by atoms with Crippen LogP contribution < -0.4 is 5.32 Å². The molecule has 1 N–H and O–H groups in total. The molecule has 23 heavy (non-hydrogen) atoms. The van der Waals surface area contributed by atoms with Crippen molar-refractivity contribution in [3.63, 3.8) is 0 Å². The first kappa shape index (κ1) is 16.4. The van der Waals surface area contributed by atoms with E-state index in [2.05, 4.69) is 10.3 Å². The van der Waals surface area contributed by atoms with Gasteiger partial charge in [-0.15, -0.1) is 0 Å². The van der Waals surface area contributed by atoms with Crippen molar-refractivity contribution in [3.8, 4) is 0 Å². The predicted octanol–water partition coefficient (Wildman–Crippen LogP) is 2.40. The quantitative estimate of drug-likeness (QED) is 0.930. The molecule has 2 saturated heterocycles. The molecule has 2 fully saturated rings. The number of pyridine rings is 1. The molecule has 0 aromatic carbocycles. The SMILES string of the molecule is Cc1cnc(C(=O)NC[C@H]2CCC3(CCOCC3)CO2)c(C)c1. The maximum Gasteiger partial charge on any atom is 0.270 e. The predicted molar refractivity (Wildman–Crippen MR) is 87.5 cm³/mol. The minimum atomic E-state index is -0.113. The van der Waals surface area contributed by atoms with Gasteiger partial charge in [0.2, 0.25) is 0 Å². The summed E-state index contributed by atoms with van der Waals surface area (Å²) in [6, 6.07) is 1.98. The van der Waals surface area contributed by atoms with Gasteiger partial charge in [0.25, 0.3) is 5.91 Å². The molecule has 5 heteroatoms. The van der Waals surface area contributed by atoms with Crippen molar-refractivity contribution in [2.75, 3.05) is 26.4 Å². The molecule has 1 aromatic heterocycles. The van der Waals surface area contributed by atoms with Crippen LogP contribution in [0.15, 0.2) is 12.3 Å². The van der Waals surface area contributed by atoms with Crippen LogP contribution in [-0.4, -0.2) is 43.4 Å². The summed E-state index contributed by atoms with van der Waals surface area (Å²) in [7, 11) is 0. The van der Waals surface area contributed by atoms with Gasteiger partial charge in [0, 0.05) is 26.0 Å². The summed E-state index contributed by atoms with van der Waals surface area (Å²) in [5.74, 6) is -0.113. The van der Waals surface area contributed by atoms with Crippen LogP contribution in [0.3, 0.4) is 0 Å². The molecule has 1 aromatic rings. The molecule has 3 rings (SSSR count). The Kier molecular flexibility index (Phi) is 4.97. The number of ether oxygens (including phenoxy) is 2. The number of amides is 1. The number of rotatable bonds is 3. The third-order valence-electron chi connectivity index (χ3n) is 5.10. The first-order valence-electron chi connectivity index (χ1n) is 8.49. The van der Waals surface area contributed by atoms with Crippen LogP contribution in [0.2, 0.25) is 0 Å². The largest absolute Gasteiger partial charge is 0.381 e. The van der Waals surface area contributed by atoms with E-state index in [0.29, 0.717) is 17.7 Å². The van der Waals surface area contributed by atoms with E-state index in [1.165, 1.54) is 6.42 Å². The molecule has 1 spiro atoms. The number of nitrogens with zero attached hydrogens (tertiary/aromatic N) is 1. The maximum atomic E-state index is 12.3. The second-order valence-corrected chi connectivity index (χ2v) is 6.97. The van der Waals surface area contributed by atoms with Gasteiger partial charge in [-0.25, -0.2) is 0 Å². The van der Waals surface area contributed by atoms with E-state index in [0.717, 1.165) is 50.2 Å². The zero-order valence-corrected chi connectivity index (χ0v) is 14.1. The fourth-order valence-electron chi connectivity index (χ4n) is 3.52. The summed E-state index contributed by atoms with van der Waals surface area (Å²) < 4.78 is 11.5. The zero-order chi connectivity index (χ0) is 16.3. The highest BCUT2D eigenvalue weighted by Gasteiger charge is 2.37. The monoisotopic (exact) mass is 318 g/mol. The number of aryl methyl sites for hydroxylation is 2. The second kappa shape index (κ2) is 6.97. The Balaban J connectivity index is 1.48.